The van der Waals surface area contributed by atoms with Crippen LogP contribution in [-0.2, 0) is 11.3 Å². The highest BCUT2D eigenvalue weighted by Crippen LogP contribution is 2.28. The fourth-order valence-electron chi connectivity index (χ4n) is 3.08. The minimum Gasteiger partial charge on any atom is -0.493 e. The molecule has 0 spiro atoms. The largest absolute Gasteiger partial charge is 0.493 e. The van der Waals surface area contributed by atoms with Crippen LogP contribution in [0.25, 0.3) is 0 Å². The molecule has 0 radical (unpaired) electrons. The topological polar surface area (TPSA) is 67.9 Å². The van der Waals surface area contributed by atoms with Crippen LogP contribution in [0.15, 0.2) is 42.5 Å². The van der Waals surface area contributed by atoms with Gasteiger partial charge in [0.2, 0.25) is 5.91 Å². The molecule has 0 aliphatic rings. The number of halogens is 1. The molecule has 0 heterocycles. The summed E-state index contributed by atoms with van der Waals surface area (Å²) >= 11 is 0. The Kier molecular flexibility index (Phi) is 8.21. The molecule has 30 heavy (non-hydrogen) atoms. The second kappa shape index (κ2) is 10.6. The van der Waals surface area contributed by atoms with E-state index in [1.165, 1.54) is 24.3 Å². The smallest absolute Gasteiger partial charge is 0.251 e. The molecule has 0 aliphatic carbocycles. The van der Waals surface area contributed by atoms with Crippen LogP contribution in [-0.4, -0.2) is 43.5 Å². The molecule has 0 aromatic heterocycles. The number of amides is 2. The molecule has 162 valence electrons. The molecule has 0 fully saturated rings. The first-order valence-electron chi connectivity index (χ1n) is 9.86. The Bertz CT molecular complexity index is 868. The molecule has 0 saturated heterocycles. The molecule has 2 amide bonds. The maximum absolute atomic E-state index is 13.2. The second-order valence-electron chi connectivity index (χ2n) is 7.24. The first kappa shape index (κ1) is 23.2. The van der Waals surface area contributed by atoms with E-state index in [9.17, 15) is 14.0 Å². The van der Waals surface area contributed by atoms with Gasteiger partial charge in [0.05, 0.1) is 14.2 Å². The minimum absolute atomic E-state index is 0.124. The number of rotatable bonds is 9. The molecule has 7 heteroatoms. The van der Waals surface area contributed by atoms with Crippen LogP contribution < -0.4 is 14.8 Å². The molecular weight excluding hydrogens is 387 g/mol. The Morgan fingerprint density at radius 2 is 1.67 bits per heavy atom. The minimum atomic E-state index is -0.706. The highest BCUT2D eigenvalue weighted by atomic mass is 19.1. The summed E-state index contributed by atoms with van der Waals surface area (Å²) in [5.41, 5.74) is 1.19. The lowest BCUT2D eigenvalue weighted by atomic mass is 10.0. The number of nitrogens with zero attached hydrogens (tertiary/aromatic N) is 1. The SMILES string of the molecule is CCN(Cc1ccc(OC)c(OC)c1)C(=O)C(NC(=O)c1ccc(F)cc1)C(C)C. The first-order valence-corrected chi connectivity index (χ1v) is 9.86. The van der Waals surface area contributed by atoms with E-state index in [1.54, 1.807) is 25.2 Å². The zero-order chi connectivity index (χ0) is 22.3. The van der Waals surface area contributed by atoms with Gasteiger partial charge in [0, 0.05) is 18.7 Å². The van der Waals surface area contributed by atoms with Gasteiger partial charge in [-0.2, -0.15) is 0 Å². The van der Waals surface area contributed by atoms with E-state index >= 15 is 0 Å². The van der Waals surface area contributed by atoms with Crippen molar-refractivity contribution in [2.45, 2.75) is 33.4 Å². The monoisotopic (exact) mass is 416 g/mol. The lowest BCUT2D eigenvalue weighted by Gasteiger charge is -2.29. The summed E-state index contributed by atoms with van der Waals surface area (Å²) in [5, 5.41) is 2.80. The maximum atomic E-state index is 13.2. The van der Waals surface area contributed by atoms with Gasteiger partial charge in [-0.3, -0.25) is 9.59 Å². The first-order chi connectivity index (χ1) is 14.3. The Morgan fingerprint density at radius 3 is 2.20 bits per heavy atom. The van der Waals surface area contributed by atoms with Crippen molar-refractivity contribution in [2.75, 3.05) is 20.8 Å². The van der Waals surface area contributed by atoms with Crippen LogP contribution in [0, 0.1) is 11.7 Å². The maximum Gasteiger partial charge on any atom is 0.251 e. The van der Waals surface area contributed by atoms with Gasteiger partial charge in [-0.15, -0.1) is 0 Å². The predicted octanol–water partition coefficient (Wildman–Crippen LogP) is 3.65. The number of likely N-dealkylation sites (N-methyl/N-ethyl adjacent to an activating group) is 1. The van der Waals surface area contributed by atoms with Gasteiger partial charge in [0.15, 0.2) is 11.5 Å². The Labute approximate surface area is 177 Å². The van der Waals surface area contributed by atoms with Crippen molar-refractivity contribution in [2.24, 2.45) is 5.92 Å². The summed E-state index contributed by atoms with van der Waals surface area (Å²) in [6.07, 6.45) is 0. The summed E-state index contributed by atoms with van der Waals surface area (Å²) in [5.74, 6) is 0.0594. The van der Waals surface area contributed by atoms with Gasteiger partial charge < -0.3 is 19.7 Å². The van der Waals surface area contributed by atoms with Crippen molar-refractivity contribution in [3.63, 3.8) is 0 Å². The summed E-state index contributed by atoms with van der Waals surface area (Å²) in [4.78, 5) is 27.5. The van der Waals surface area contributed by atoms with Crippen molar-refractivity contribution >= 4 is 11.8 Å². The fourth-order valence-corrected chi connectivity index (χ4v) is 3.08. The van der Waals surface area contributed by atoms with Crippen LogP contribution in [0.1, 0.15) is 36.7 Å². The summed E-state index contributed by atoms with van der Waals surface area (Å²) in [6.45, 7) is 6.47. The number of methoxy groups -OCH3 is 2. The zero-order valence-corrected chi connectivity index (χ0v) is 18.1. The third-order valence-electron chi connectivity index (χ3n) is 4.84. The van der Waals surface area contributed by atoms with Crippen molar-refractivity contribution in [3.05, 3.63) is 59.4 Å². The molecule has 1 unspecified atom stereocenters. The highest BCUT2D eigenvalue weighted by Gasteiger charge is 2.28. The molecule has 0 bridgehead atoms. The van der Waals surface area contributed by atoms with E-state index in [-0.39, 0.29) is 11.8 Å². The van der Waals surface area contributed by atoms with Crippen LogP contribution in [0.5, 0.6) is 11.5 Å². The third kappa shape index (κ3) is 5.72. The lowest BCUT2D eigenvalue weighted by molar-refractivity contribution is -0.134. The van der Waals surface area contributed by atoms with Crippen LogP contribution in [0.3, 0.4) is 0 Å². The van der Waals surface area contributed by atoms with Gasteiger partial charge in [-0.25, -0.2) is 4.39 Å². The summed E-state index contributed by atoms with van der Waals surface area (Å²) in [7, 11) is 3.13. The normalized spacial score (nSPS) is 11.7. The van der Waals surface area contributed by atoms with E-state index in [2.05, 4.69) is 5.32 Å². The third-order valence-corrected chi connectivity index (χ3v) is 4.84. The average Bonchev–Trinajstić information content (AvgIpc) is 2.75. The number of ether oxygens (including phenoxy) is 2. The van der Waals surface area contributed by atoms with Crippen molar-refractivity contribution in [1.29, 1.82) is 0 Å². The van der Waals surface area contributed by atoms with Gasteiger partial charge >= 0.3 is 0 Å². The zero-order valence-electron chi connectivity index (χ0n) is 18.1. The number of carbonyl (C=O) groups is 2. The Balaban J connectivity index is 2.17. The Morgan fingerprint density at radius 1 is 1.03 bits per heavy atom. The number of benzene rings is 2. The Hall–Kier alpha value is -3.09. The van der Waals surface area contributed by atoms with E-state index in [4.69, 9.17) is 9.47 Å². The van der Waals surface area contributed by atoms with Gasteiger partial charge in [0.25, 0.3) is 5.91 Å². The van der Waals surface area contributed by atoms with E-state index < -0.39 is 17.8 Å². The van der Waals surface area contributed by atoms with E-state index in [0.717, 1.165) is 5.56 Å². The number of carbonyl (C=O) groups excluding carboxylic acids is 2. The molecule has 1 atom stereocenters. The van der Waals surface area contributed by atoms with Crippen LogP contribution in [0.4, 0.5) is 4.39 Å². The quantitative estimate of drug-likeness (QED) is 0.678. The molecule has 2 aromatic carbocycles. The molecule has 2 aromatic rings. The number of hydrogen-bond donors (Lipinski definition) is 1. The van der Waals surface area contributed by atoms with Crippen molar-refractivity contribution in [1.82, 2.24) is 10.2 Å². The molecule has 2 rings (SSSR count). The van der Waals surface area contributed by atoms with Gasteiger partial charge in [-0.1, -0.05) is 19.9 Å². The lowest BCUT2D eigenvalue weighted by Crippen LogP contribution is -2.51. The molecule has 0 aliphatic heterocycles. The summed E-state index contributed by atoms with van der Waals surface area (Å²) in [6, 6.07) is 10.0. The van der Waals surface area contributed by atoms with Crippen molar-refractivity contribution < 1.29 is 23.5 Å². The molecular formula is C23H29FN2O4. The predicted molar refractivity (Wildman–Crippen MR) is 113 cm³/mol. The standard InChI is InChI=1S/C23H29FN2O4/c1-6-26(14-16-7-12-19(29-4)20(13-16)30-5)23(28)21(15(2)3)25-22(27)17-8-10-18(24)11-9-17/h7-13,15,21H,6,14H2,1-5H3,(H,25,27). The molecule has 1 N–H and O–H groups in total. The van der Waals surface area contributed by atoms with Crippen molar-refractivity contribution in [3.8, 4) is 11.5 Å². The van der Waals surface area contributed by atoms with E-state index in [0.29, 0.717) is 30.2 Å². The molecule has 6 nitrogen and oxygen atoms in total. The molecule has 0 saturated carbocycles. The summed E-state index contributed by atoms with van der Waals surface area (Å²) < 4.78 is 23.7. The van der Waals surface area contributed by atoms with Crippen LogP contribution >= 0.6 is 0 Å². The highest BCUT2D eigenvalue weighted by molar-refractivity contribution is 5.97. The van der Waals surface area contributed by atoms with Gasteiger partial charge in [0.1, 0.15) is 11.9 Å². The average molecular weight is 416 g/mol. The fraction of sp³-hybridized carbons (Fsp3) is 0.391. The van der Waals surface area contributed by atoms with E-state index in [1.807, 2.05) is 32.9 Å². The number of nitrogens with one attached hydrogen (secondary N) is 1. The number of hydrogen-bond acceptors (Lipinski definition) is 4. The second-order valence-corrected chi connectivity index (χ2v) is 7.24. The van der Waals surface area contributed by atoms with Crippen LogP contribution in [0.2, 0.25) is 0 Å². The van der Waals surface area contributed by atoms with Gasteiger partial charge in [-0.05, 0) is 54.8 Å².